The Morgan fingerprint density at radius 1 is 0.781 bits per heavy atom. The molecular weight excluding hydrogens is 404 g/mol. The summed E-state index contributed by atoms with van der Waals surface area (Å²) in [6.07, 6.45) is 3.93. The van der Waals surface area contributed by atoms with E-state index >= 15 is 0 Å². The van der Waals surface area contributed by atoms with Crippen molar-refractivity contribution in [1.82, 2.24) is 26.0 Å². The van der Waals surface area contributed by atoms with Crippen molar-refractivity contribution in [2.24, 2.45) is 0 Å². The van der Waals surface area contributed by atoms with Gasteiger partial charge in [-0.15, -0.1) is 10.6 Å². The topological polar surface area (TPSA) is 76.5 Å². The molecule has 8 nitrogen and oxygen atoms in total. The Labute approximate surface area is 185 Å². The van der Waals surface area contributed by atoms with Crippen LogP contribution < -0.4 is 25.4 Å². The molecule has 5 rings (SSSR count). The molecule has 2 N–H and O–H groups in total. The van der Waals surface area contributed by atoms with E-state index in [1.165, 1.54) is 0 Å². The maximum absolute atomic E-state index is 5.23. The third-order valence-electron chi connectivity index (χ3n) is 5.22. The number of benzene rings is 3. The first kappa shape index (κ1) is 19.7. The summed E-state index contributed by atoms with van der Waals surface area (Å²) in [5.41, 5.74) is 12.0. The van der Waals surface area contributed by atoms with Gasteiger partial charge in [0.05, 0.1) is 37.5 Å². The number of nitrogens with zero attached hydrogens (tertiary/aromatic N) is 4. The van der Waals surface area contributed by atoms with Crippen LogP contribution >= 0.6 is 0 Å². The van der Waals surface area contributed by atoms with Gasteiger partial charge in [-0.25, -0.2) is 4.68 Å². The number of aromatic nitrogens is 3. The van der Waals surface area contributed by atoms with Crippen molar-refractivity contribution in [3.8, 4) is 28.4 Å². The van der Waals surface area contributed by atoms with Gasteiger partial charge < -0.3 is 14.9 Å². The first-order valence-corrected chi connectivity index (χ1v) is 10.1. The van der Waals surface area contributed by atoms with Crippen molar-refractivity contribution in [1.29, 1.82) is 0 Å². The van der Waals surface area contributed by atoms with Crippen molar-refractivity contribution in [2.75, 3.05) is 19.2 Å². The Hall–Kier alpha value is -4.30. The molecule has 0 saturated carbocycles. The predicted molar refractivity (Wildman–Crippen MR) is 123 cm³/mol. The molecule has 160 valence electrons. The third-order valence-corrected chi connectivity index (χ3v) is 5.22. The molecule has 0 aliphatic carbocycles. The molecule has 3 aromatic carbocycles. The van der Waals surface area contributed by atoms with Gasteiger partial charge in [-0.05, 0) is 54.6 Å². The molecule has 0 amide bonds. The maximum atomic E-state index is 5.23. The van der Waals surface area contributed by atoms with E-state index in [1.807, 2.05) is 78.1 Å². The van der Waals surface area contributed by atoms with E-state index < -0.39 is 0 Å². The second kappa shape index (κ2) is 8.44. The van der Waals surface area contributed by atoms with E-state index in [0.29, 0.717) is 0 Å². The highest BCUT2D eigenvalue weighted by Gasteiger charge is 2.15. The van der Waals surface area contributed by atoms with Crippen LogP contribution in [0.4, 0.5) is 5.69 Å². The zero-order chi connectivity index (χ0) is 21.9. The molecule has 32 heavy (non-hydrogen) atoms. The molecule has 0 unspecified atom stereocenters. The monoisotopic (exact) mass is 426 g/mol. The molecule has 0 saturated heterocycles. The number of ether oxygens (including phenoxy) is 2. The van der Waals surface area contributed by atoms with Crippen LogP contribution in [0.2, 0.25) is 0 Å². The average molecular weight is 426 g/mol. The van der Waals surface area contributed by atoms with Gasteiger partial charge in [-0.2, -0.15) is 0 Å². The van der Waals surface area contributed by atoms with Crippen molar-refractivity contribution in [2.45, 2.75) is 0 Å². The van der Waals surface area contributed by atoms with Crippen LogP contribution in [0.1, 0.15) is 5.56 Å². The fraction of sp³-hybridized carbons (Fsp3) is 0.0833. The smallest absolute Gasteiger partial charge is 0.119 e. The summed E-state index contributed by atoms with van der Waals surface area (Å²) in [4.78, 5) is 0. The van der Waals surface area contributed by atoms with E-state index in [1.54, 1.807) is 18.9 Å². The lowest BCUT2D eigenvalue weighted by atomic mass is 10.1. The second-order valence-electron chi connectivity index (χ2n) is 7.17. The normalized spacial score (nSPS) is 12.9. The number of anilines is 1. The molecule has 0 fully saturated rings. The number of hydrogen-bond acceptors (Lipinski definition) is 7. The quantitative estimate of drug-likeness (QED) is 0.486. The molecule has 0 atom stereocenters. The summed E-state index contributed by atoms with van der Waals surface area (Å²) in [6.45, 7) is 0. The molecule has 1 aliphatic heterocycles. The lowest BCUT2D eigenvalue weighted by Gasteiger charge is -2.15. The molecule has 1 aromatic heterocycles. The third kappa shape index (κ3) is 3.86. The van der Waals surface area contributed by atoms with Crippen LogP contribution in [0, 0.1) is 0 Å². The highest BCUT2D eigenvalue weighted by molar-refractivity contribution is 5.73. The number of hydrogen-bond donors (Lipinski definition) is 2. The SMILES string of the molecule is COc1ccc(N2C=C(c3cccc(-c4cn(-c5ccc(OC)cc5)nn4)c3)NN2)cc1. The number of hydrazine groups is 2. The Bertz CT molecular complexity index is 1250. The fourth-order valence-electron chi connectivity index (χ4n) is 3.45. The van der Waals surface area contributed by atoms with Gasteiger partial charge in [0.15, 0.2) is 0 Å². The fourth-order valence-corrected chi connectivity index (χ4v) is 3.45. The molecule has 0 bridgehead atoms. The van der Waals surface area contributed by atoms with Gasteiger partial charge >= 0.3 is 0 Å². The van der Waals surface area contributed by atoms with Crippen molar-refractivity contribution < 1.29 is 9.47 Å². The Balaban J connectivity index is 1.37. The van der Waals surface area contributed by atoms with E-state index in [0.717, 1.165) is 45.4 Å². The summed E-state index contributed by atoms with van der Waals surface area (Å²) < 4.78 is 12.2. The molecule has 2 heterocycles. The van der Waals surface area contributed by atoms with E-state index in [-0.39, 0.29) is 0 Å². The highest BCUT2D eigenvalue weighted by atomic mass is 16.5. The minimum Gasteiger partial charge on any atom is -0.497 e. The minimum absolute atomic E-state index is 0.793. The van der Waals surface area contributed by atoms with Crippen LogP contribution in [-0.4, -0.2) is 29.2 Å². The largest absolute Gasteiger partial charge is 0.497 e. The number of nitrogens with one attached hydrogen (secondary N) is 2. The first-order chi connectivity index (χ1) is 15.7. The summed E-state index contributed by atoms with van der Waals surface area (Å²) in [5.74, 6) is 1.62. The van der Waals surface area contributed by atoms with Crippen LogP contribution in [0.25, 0.3) is 22.6 Å². The Morgan fingerprint density at radius 3 is 2.12 bits per heavy atom. The lowest BCUT2D eigenvalue weighted by molar-refractivity contribution is 0.414. The number of rotatable bonds is 6. The minimum atomic E-state index is 0.793. The van der Waals surface area contributed by atoms with Gasteiger partial charge in [0, 0.05) is 17.3 Å². The van der Waals surface area contributed by atoms with Gasteiger partial charge in [-0.3, -0.25) is 5.01 Å². The lowest BCUT2D eigenvalue weighted by Crippen LogP contribution is -2.36. The molecule has 1 aliphatic rings. The predicted octanol–water partition coefficient (Wildman–Crippen LogP) is 3.78. The van der Waals surface area contributed by atoms with Crippen LogP contribution in [-0.2, 0) is 0 Å². The zero-order valence-electron chi connectivity index (χ0n) is 17.7. The van der Waals surface area contributed by atoms with E-state index in [2.05, 4.69) is 33.4 Å². The summed E-state index contributed by atoms with van der Waals surface area (Å²) in [6, 6.07) is 23.7. The summed E-state index contributed by atoms with van der Waals surface area (Å²) in [5, 5.41) is 10.6. The Kier molecular flexibility index (Phi) is 5.19. The van der Waals surface area contributed by atoms with E-state index in [9.17, 15) is 0 Å². The summed E-state index contributed by atoms with van der Waals surface area (Å²) >= 11 is 0. The van der Waals surface area contributed by atoms with Crippen LogP contribution in [0.5, 0.6) is 11.5 Å². The molecule has 4 aromatic rings. The number of methoxy groups -OCH3 is 2. The standard InChI is InChI=1S/C24H22N6O2/c1-31-21-10-6-19(7-11-21)29-15-23(25-27-29)17-4-3-5-18(14-17)24-16-30(28-26-24)20-8-12-22(32-2)13-9-20/h3-16,25,27H,1-2H3. The second-order valence-corrected chi connectivity index (χ2v) is 7.17. The molecule has 0 spiro atoms. The van der Waals surface area contributed by atoms with Crippen molar-refractivity contribution in [3.63, 3.8) is 0 Å². The molecule has 8 heteroatoms. The maximum Gasteiger partial charge on any atom is 0.119 e. The Morgan fingerprint density at radius 2 is 1.44 bits per heavy atom. The average Bonchev–Trinajstić information content (AvgIpc) is 3.55. The first-order valence-electron chi connectivity index (χ1n) is 10.1. The molecule has 0 radical (unpaired) electrons. The van der Waals surface area contributed by atoms with Gasteiger partial charge in [0.2, 0.25) is 0 Å². The zero-order valence-corrected chi connectivity index (χ0v) is 17.7. The van der Waals surface area contributed by atoms with Crippen LogP contribution in [0.3, 0.4) is 0 Å². The van der Waals surface area contributed by atoms with Crippen molar-refractivity contribution in [3.05, 3.63) is 90.8 Å². The van der Waals surface area contributed by atoms with Gasteiger partial charge in [-0.1, -0.05) is 23.4 Å². The van der Waals surface area contributed by atoms with Gasteiger partial charge in [0.25, 0.3) is 0 Å². The summed E-state index contributed by atoms with van der Waals surface area (Å²) in [7, 11) is 3.31. The van der Waals surface area contributed by atoms with Gasteiger partial charge in [0.1, 0.15) is 17.2 Å². The van der Waals surface area contributed by atoms with Crippen LogP contribution in [0.15, 0.2) is 85.2 Å². The van der Waals surface area contributed by atoms with Crippen molar-refractivity contribution >= 4 is 11.4 Å². The molecular formula is C24H22N6O2. The highest BCUT2D eigenvalue weighted by Crippen LogP contribution is 2.26. The van der Waals surface area contributed by atoms with E-state index in [4.69, 9.17) is 9.47 Å².